The summed E-state index contributed by atoms with van der Waals surface area (Å²) in [6.07, 6.45) is 7.82. The molecule has 2 aliphatic heterocycles. The fourth-order valence-corrected chi connectivity index (χ4v) is 14.1. The molecule has 0 fully saturated rings. The van der Waals surface area contributed by atoms with E-state index in [-0.39, 0.29) is 48.3 Å². The second-order valence-corrected chi connectivity index (χ2v) is 22.7. The zero-order valence-electron chi connectivity index (χ0n) is 55.7. The third-order valence-electron chi connectivity index (χ3n) is 17.9. The molecule has 0 unspecified atom stereocenters. The Hall–Kier alpha value is -11.8. The number of pyridine rings is 2. The van der Waals surface area contributed by atoms with Crippen LogP contribution in [0.3, 0.4) is 0 Å². The van der Waals surface area contributed by atoms with Gasteiger partial charge in [0, 0.05) is 103 Å². The molecule has 0 saturated carbocycles. The largest absolute Gasteiger partial charge is 0.310 e. The molecule has 16 aromatic rings. The molecule has 7 heteroatoms. The summed E-state index contributed by atoms with van der Waals surface area (Å²) >= 11 is 0. The van der Waals surface area contributed by atoms with Crippen LogP contribution in [-0.2, 0) is 0 Å². The van der Waals surface area contributed by atoms with Gasteiger partial charge in [-0.25, -0.2) is 0 Å². The third kappa shape index (κ3) is 7.92. The molecule has 0 amide bonds. The second kappa shape index (κ2) is 20.4. The van der Waals surface area contributed by atoms with Crippen LogP contribution in [0, 0.1) is 0 Å². The van der Waals surface area contributed by atoms with Crippen LogP contribution in [0.4, 0.5) is 34.1 Å². The maximum absolute atomic E-state index is 9.69. The summed E-state index contributed by atoms with van der Waals surface area (Å²) < 4.78 is 78.4. The maximum atomic E-state index is 9.69. The van der Waals surface area contributed by atoms with Gasteiger partial charge in [0.2, 0.25) is 0 Å². The number of nitrogens with zero attached hydrogens (tertiary/aromatic N) is 6. The van der Waals surface area contributed by atoms with Gasteiger partial charge in [0.15, 0.2) is 0 Å². The van der Waals surface area contributed by atoms with E-state index in [1.54, 1.807) is 0 Å². The van der Waals surface area contributed by atoms with Gasteiger partial charge in [-0.05, 0) is 110 Å². The minimum absolute atomic E-state index is 0.110. The normalized spacial score (nSPS) is 13.7. The summed E-state index contributed by atoms with van der Waals surface area (Å²) in [5.74, 6) is 0. The SMILES string of the molecule is [2H]c1c([2H])c([2H])c2c(c1[2H])c1ccccc1n2-c1ccc2c(c1)N(c1c(-c3ccccc3)cncc1-c1ccccc1)c1cc(-c3ccccc3)cc3c1B2c1ccc(-n2c4ccccc4c4c([2H])c([2H])c([2H])c([2H])c42)cc1N3c1c(-c2ccccc2)cncc1-c1ccccc1. The Kier molecular flexibility index (Phi) is 9.86. The van der Waals surface area contributed by atoms with Gasteiger partial charge in [-0.2, -0.15) is 0 Å². The number of fused-ring (bicyclic) bond motifs is 10. The van der Waals surface area contributed by atoms with Crippen molar-refractivity contribution in [2.75, 3.05) is 9.80 Å². The molecule has 0 atom stereocenters. The van der Waals surface area contributed by atoms with Gasteiger partial charge in [0.1, 0.15) is 0 Å². The smallest absolute Gasteiger partial charge is 0.252 e. The zero-order valence-corrected chi connectivity index (χ0v) is 47.7. The highest BCUT2D eigenvalue weighted by molar-refractivity contribution is 7.00. The third-order valence-corrected chi connectivity index (χ3v) is 17.9. The molecule has 6 nitrogen and oxygen atoms in total. The number of aromatic nitrogens is 4. The molecule has 0 spiro atoms. The molecule has 0 N–H and O–H groups in total. The van der Waals surface area contributed by atoms with Crippen molar-refractivity contribution in [2.45, 2.75) is 0 Å². The average Bonchev–Trinajstić information content (AvgIpc) is 1.01. The van der Waals surface area contributed by atoms with Crippen LogP contribution < -0.4 is 26.2 Å². The Balaban J connectivity index is 1.03. The highest BCUT2D eigenvalue weighted by atomic mass is 15.2. The molecule has 0 saturated heterocycles. The number of benzene rings is 12. The van der Waals surface area contributed by atoms with Crippen molar-refractivity contribution in [1.29, 1.82) is 0 Å². The monoisotopic (exact) mass is 1140 g/mol. The number of para-hydroxylation sites is 4. The first-order chi connectivity index (χ1) is 47.5. The van der Waals surface area contributed by atoms with Gasteiger partial charge in [0.25, 0.3) is 6.71 Å². The van der Waals surface area contributed by atoms with E-state index in [4.69, 9.17) is 15.5 Å². The van der Waals surface area contributed by atoms with E-state index in [0.29, 0.717) is 44.0 Å². The van der Waals surface area contributed by atoms with E-state index < -0.39 is 6.71 Å². The Morgan fingerprint density at radius 2 is 0.640 bits per heavy atom. The van der Waals surface area contributed by atoms with Gasteiger partial charge in [-0.15, -0.1) is 0 Å². The average molecular weight is 1140 g/mol. The summed E-state index contributed by atoms with van der Waals surface area (Å²) in [7, 11) is 0. The molecule has 12 aromatic carbocycles. The van der Waals surface area contributed by atoms with Crippen LogP contribution in [0.5, 0.6) is 0 Å². The molecule has 2 aliphatic rings. The summed E-state index contributed by atoms with van der Waals surface area (Å²) in [6, 6.07) is 83.3. The van der Waals surface area contributed by atoms with E-state index >= 15 is 0 Å². The Labute approximate surface area is 527 Å². The van der Waals surface area contributed by atoms with Gasteiger partial charge in [-0.1, -0.05) is 236 Å². The summed E-state index contributed by atoms with van der Waals surface area (Å²) in [4.78, 5) is 15.0. The molecule has 0 radical (unpaired) electrons. The Bertz CT molecular complexity index is 5500. The summed E-state index contributed by atoms with van der Waals surface area (Å²) in [6.45, 7) is -0.509. The first-order valence-corrected chi connectivity index (χ1v) is 29.8. The molecule has 414 valence electrons. The molecule has 89 heavy (non-hydrogen) atoms. The van der Waals surface area contributed by atoms with E-state index in [0.717, 1.165) is 117 Å². The maximum Gasteiger partial charge on any atom is 0.252 e. The van der Waals surface area contributed by atoms with Crippen LogP contribution in [0.25, 0.3) is 111 Å². The van der Waals surface area contributed by atoms with Crippen LogP contribution in [-0.4, -0.2) is 25.8 Å². The molecule has 4 aromatic heterocycles. The van der Waals surface area contributed by atoms with E-state index in [1.807, 2.05) is 113 Å². The lowest BCUT2D eigenvalue weighted by Crippen LogP contribution is -2.61. The number of hydrogen-bond acceptors (Lipinski definition) is 4. The quantitative estimate of drug-likeness (QED) is 0.135. The Morgan fingerprint density at radius 1 is 0.292 bits per heavy atom. The lowest BCUT2D eigenvalue weighted by molar-refractivity contribution is 1.16. The molecular weight excluding hydrogens is 1080 g/mol. The van der Waals surface area contributed by atoms with Gasteiger partial charge >= 0.3 is 0 Å². The standard InChI is InChI=1S/C82H53BN6/c1-6-24-54(25-7-1)59-46-78-80-79(47-59)89(82-68(57-30-12-4-13-31-57)52-85-53-69(82)58-32-14-5-15-33-58)77-49-61(87-74-40-22-18-36-64(74)65-37-19-23-41-75(65)87)43-45-71(77)83(80)70-44-42-60(86-72-38-20-16-34-62(72)63-35-17-21-39-73(63)86)48-76(70)88(78)81-66(55-26-8-2-9-27-55)50-84-51-67(81)56-28-10-3-11-29-56/h1-53H/i16D,18D,20D,22D,34D,36D,38D,40D. The fourth-order valence-electron chi connectivity index (χ4n) is 14.1. The molecule has 18 rings (SSSR count). The van der Waals surface area contributed by atoms with Gasteiger partial charge < -0.3 is 18.9 Å². The van der Waals surface area contributed by atoms with Crippen molar-refractivity contribution in [3.63, 3.8) is 0 Å². The van der Waals surface area contributed by atoms with Crippen LogP contribution in [0.2, 0.25) is 0 Å². The zero-order chi connectivity index (χ0) is 65.5. The molecule has 0 aliphatic carbocycles. The predicted octanol–water partition coefficient (Wildman–Crippen LogP) is 19.1. The predicted molar refractivity (Wildman–Crippen MR) is 372 cm³/mol. The minimum Gasteiger partial charge on any atom is -0.310 e. The van der Waals surface area contributed by atoms with Crippen molar-refractivity contribution in [1.82, 2.24) is 19.1 Å². The van der Waals surface area contributed by atoms with E-state index in [2.05, 4.69) is 180 Å². The first-order valence-electron chi connectivity index (χ1n) is 33.8. The molecule has 0 bridgehead atoms. The lowest BCUT2D eigenvalue weighted by Gasteiger charge is -2.46. The number of hydrogen-bond donors (Lipinski definition) is 0. The highest BCUT2D eigenvalue weighted by Crippen LogP contribution is 2.54. The van der Waals surface area contributed by atoms with E-state index in [1.165, 1.54) is 0 Å². The van der Waals surface area contributed by atoms with Crippen LogP contribution in [0.1, 0.15) is 11.0 Å². The van der Waals surface area contributed by atoms with Crippen molar-refractivity contribution in [2.24, 2.45) is 0 Å². The lowest BCUT2D eigenvalue weighted by atomic mass is 9.33. The second-order valence-electron chi connectivity index (χ2n) is 22.7. The number of anilines is 6. The highest BCUT2D eigenvalue weighted by Gasteiger charge is 2.46. The van der Waals surface area contributed by atoms with Crippen molar-refractivity contribution in [3.8, 4) is 67.0 Å². The molecular formula is C82H53BN6. The minimum atomic E-state index is -0.509. The number of rotatable bonds is 9. The van der Waals surface area contributed by atoms with Gasteiger partial charge in [0.05, 0.1) is 44.4 Å². The van der Waals surface area contributed by atoms with Crippen molar-refractivity contribution >= 4 is 101 Å². The van der Waals surface area contributed by atoms with Crippen molar-refractivity contribution in [3.05, 3.63) is 322 Å². The molecule has 6 heterocycles. The van der Waals surface area contributed by atoms with Crippen LogP contribution in [0.15, 0.2) is 322 Å². The summed E-state index contributed by atoms with van der Waals surface area (Å²) in [5, 5.41) is 2.26. The van der Waals surface area contributed by atoms with Gasteiger partial charge in [-0.3, -0.25) is 9.97 Å². The van der Waals surface area contributed by atoms with Crippen molar-refractivity contribution < 1.29 is 11.0 Å². The first kappa shape index (κ1) is 42.9. The fraction of sp³-hybridized carbons (Fsp3) is 0. The Morgan fingerprint density at radius 3 is 1.03 bits per heavy atom. The van der Waals surface area contributed by atoms with E-state index in [9.17, 15) is 5.48 Å². The summed E-state index contributed by atoms with van der Waals surface area (Å²) in [5.41, 5.74) is 20.7. The van der Waals surface area contributed by atoms with Crippen LogP contribution >= 0.6 is 0 Å². The topological polar surface area (TPSA) is 42.1 Å².